The van der Waals surface area contributed by atoms with Crippen molar-refractivity contribution in [1.29, 1.82) is 0 Å². The minimum atomic E-state index is -0.325. The van der Waals surface area contributed by atoms with Gasteiger partial charge in [-0.3, -0.25) is 4.79 Å². The minimum absolute atomic E-state index is 0.0260. The van der Waals surface area contributed by atoms with E-state index in [1.165, 1.54) is 12.0 Å². The molecule has 1 amide bonds. The smallest absolute Gasteiger partial charge is 0.244 e. The number of hydrogen-bond donors (Lipinski definition) is 1. The number of carbonyl (C=O) groups excluding carboxylic acids is 1. The molecule has 0 saturated heterocycles. The van der Waals surface area contributed by atoms with E-state index in [1.54, 1.807) is 11.0 Å². The van der Waals surface area contributed by atoms with E-state index in [4.69, 9.17) is 0 Å². The Morgan fingerprint density at radius 3 is 2.77 bits per heavy atom. The number of aromatic nitrogens is 3. The molecule has 0 spiro atoms. The fraction of sp³-hybridized carbons (Fsp3) is 0.438. The zero-order valence-corrected chi connectivity index (χ0v) is 13.1. The molecule has 1 heterocycles. The molecular weight excluding hydrogens is 278 g/mol. The van der Waals surface area contributed by atoms with Gasteiger partial charge in [-0.1, -0.05) is 18.2 Å². The zero-order chi connectivity index (χ0) is 15.8. The van der Waals surface area contributed by atoms with Crippen LogP contribution in [-0.2, 0) is 4.79 Å². The lowest BCUT2D eigenvalue weighted by Gasteiger charge is -2.19. The topological polar surface area (TPSA) is 63.1 Å². The van der Waals surface area contributed by atoms with Crippen LogP contribution in [0.4, 0.5) is 5.69 Å². The Kier molecular flexibility index (Phi) is 5.94. The number of para-hydroxylation sites is 1. The lowest BCUT2D eigenvalue weighted by atomic mass is 10.2. The van der Waals surface area contributed by atoms with E-state index in [0.29, 0.717) is 6.54 Å². The Morgan fingerprint density at radius 1 is 1.32 bits per heavy atom. The van der Waals surface area contributed by atoms with E-state index >= 15 is 0 Å². The van der Waals surface area contributed by atoms with Crippen molar-refractivity contribution < 1.29 is 4.79 Å². The summed E-state index contributed by atoms with van der Waals surface area (Å²) in [7, 11) is 2.08. The molecule has 0 unspecified atom stereocenters. The van der Waals surface area contributed by atoms with Crippen LogP contribution in [0.2, 0.25) is 0 Å². The second-order valence-electron chi connectivity index (χ2n) is 5.31. The van der Waals surface area contributed by atoms with E-state index in [2.05, 4.69) is 39.5 Å². The minimum Gasteiger partial charge on any atom is -0.375 e. The summed E-state index contributed by atoms with van der Waals surface area (Å²) in [6, 6.07) is 9.97. The van der Waals surface area contributed by atoms with Gasteiger partial charge in [0.05, 0.1) is 0 Å². The van der Waals surface area contributed by atoms with Crippen molar-refractivity contribution >= 4 is 11.6 Å². The van der Waals surface area contributed by atoms with Gasteiger partial charge in [0.15, 0.2) is 0 Å². The largest absolute Gasteiger partial charge is 0.375 e. The molecule has 0 aliphatic heterocycles. The summed E-state index contributed by atoms with van der Waals surface area (Å²) in [4.78, 5) is 18.0. The molecule has 2 aromatic rings. The molecule has 1 aromatic carbocycles. The third-order valence-electron chi connectivity index (χ3n) is 3.63. The van der Waals surface area contributed by atoms with Crippen LogP contribution in [0.3, 0.4) is 0 Å². The Hall–Kier alpha value is -2.37. The standard InChI is InChI=1S/C16H23N5O/c1-14(21-13-17-12-19-21)16(22)18-10-6-7-11-20(2)15-8-4-3-5-9-15/h3-5,8-9,12-14H,6-7,10-11H2,1-2H3,(H,18,22)/t14-/m0/s1. The maximum atomic E-state index is 11.9. The van der Waals surface area contributed by atoms with Crippen LogP contribution in [0.25, 0.3) is 0 Å². The Balaban J connectivity index is 1.62. The SMILES string of the molecule is C[C@@H](C(=O)NCCCCN(C)c1ccccc1)n1cncn1. The number of nitrogens with one attached hydrogen (secondary N) is 1. The number of anilines is 1. The van der Waals surface area contributed by atoms with Crippen LogP contribution in [-0.4, -0.2) is 40.8 Å². The zero-order valence-electron chi connectivity index (χ0n) is 13.1. The van der Waals surface area contributed by atoms with Gasteiger partial charge in [0.1, 0.15) is 18.7 Å². The summed E-state index contributed by atoms with van der Waals surface area (Å²) in [5.74, 6) is -0.0260. The number of unbranched alkanes of at least 4 members (excludes halogenated alkanes) is 1. The van der Waals surface area contributed by atoms with Crippen molar-refractivity contribution in [2.75, 3.05) is 25.0 Å². The highest BCUT2D eigenvalue weighted by atomic mass is 16.2. The molecule has 6 nitrogen and oxygen atoms in total. The monoisotopic (exact) mass is 301 g/mol. The number of carbonyl (C=O) groups is 1. The molecule has 118 valence electrons. The normalized spacial score (nSPS) is 11.9. The molecule has 0 saturated carbocycles. The summed E-state index contributed by atoms with van der Waals surface area (Å²) in [6.45, 7) is 3.46. The van der Waals surface area contributed by atoms with Crippen LogP contribution in [0.5, 0.6) is 0 Å². The van der Waals surface area contributed by atoms with Gasteiger partial charge in [-0.25, -0.2) is 9.67 Å². The van der Waals surface area contributed by atoms with Crippen molar-refractivity contribution in [2.24, 2.45) is 0 Å². The van der Waals surface area contributed by atoms with Crippen LogP contribution in [0.1, 0.15) is 25.8 Å². The average Bonchev–Trinajstić information content (AvgIpc) is 3.08. The van der Waals surface area contributed by atoms with Gasteiger partial charge in [-0.05, 0) is 31.9 Å². The number of amides is 1. The second-order valence-corrected chi connectivity index (χ2v) is 5.31. The highest BCUT2D eigenvalue weighted by Crippen LogP contribution is 2.11. The van der Waals surface area contributed by atoms with Crippen molar-refractivity contribution in [1.82, 2.24) is 20.1 Å². The predicted molar refractivity (Wildman–Crippen MR) is 86.7 cm³/mol. The molecular formula is C16H23N5O. The van der Waals surface area contributed by atoms with Gasteiger partial charge in [-0.15, -0.1) is 0 Å². The third-order valence-corrected chi connectivity index (χ3v) is 3.63. The Morgan fingerprint density at radius 2 is 2.09 bits per heavy atom. The van der Waals surface area contributed by atoms with Crippen molar-refractivity contribution in [2.45, 2.75) is 25.8 Å². The Labute approximate surface area is 131 Å². The molecule has 0 radical (unpaired) electrons. The summed E-state index contributed by atoms with van der Waals surface area (Å²) in [5.41, 5.74) is 1.21. The first kappa shape index (κ1) is 16.0. The second kappa shape index (κ2) is 8.17. The molecule has 1 N–H and O–H groups in total. The maximum Gasteiger partial charge on any atom is 0.244 e. The van der Waals surface area contributed by atoms with E-state index in [-0.39, 0.29) is 11.9 Å². The third kappa shape index (κ3) is 4.58. The molecule has 1 atom stereocenters. The van der Waals surface area contributed by atoms with Crippen molar-refractivity contribution in [3.05, 3.63) is 43.0 Å². The average molecular weight is 301 g/mol. The summed E-state index contributed by atoms with van der Waals surface area (Å²) in [5, 5.41) is 6.91. The molecule has 1 aromatic heterocycles. The summed E-state index contributed by atoms with van der Waals surface area (Å²) < 4.78 is 1.55. The lowest BCUT2D eigenvalue weighted by Crippen LogP contribution is -2.32. The van der Waals surface area contributed by atoms with Crippen LogP contribution < -0.4 is 10.2 Å². The first-order valence-electron chi connectivity index (χ1n) is 7.56. The van der Waals surface area contributed by atoms with Crippen molar-refractivity contribution in [3.8, 4) is 0 Å². The fourth-order valence-electron chi connectivity index (χ4n) is 2.18. The molecule has 6 heteroatoms. The lowest BCUT2D eigenvalue weighted by molar-refractivity contribution is -0.124. The fourth-order valence-corrected chi connectivity index (χ4v) is 2.18. The highest BCUT2D eigenvalue weighted by molar-refractivity contribution is 5.79. The summed E-state index contributed by atoms with van der Waals surface area (Å²) >= 11 is 0. The van der Waals surface area contributed by atoms with Crippen molar-refractivity contribution in [3.63, 3.8) is 0 Å². The van der Waals surface area contributed by atoms with E-state index in [0.717, 1.165) is 19.4 Å². The van der Waals surface area contributed by atoms with Gasteiger partial charge in [0, 0.05) is 25.8 Å². The molecule has 2 rings (SSSR count). The first-order chi connectivity index (χ1) is 10.7. The van der Waals surface area contributed by atoms with Crippen LogP contribution in [0, 0.1) is 0 Å². The van der Waals surface area contributed by atoms with E-state index in [9.17, 15) is 4.79 Å². The maximum absolute atomic E-state index is 11.9. The molecule has 0 aliphatic rings. The molecule has 0 aliphatic carbocycles. The number of hydrogen-bond acceptors (Lipinski definition) is 4. The van der Waals surface area contributed by atoms with Crippen LogP contribution in [0.15, 0.2) is 43.0 Å². The molecule has 0 fully saturated rings. The van der Waals surface area contributed by atoms with Gasteiger partial charge in [0.2, 0.25) is 5.91 Å². The van der Waals surface area contributed by atoms with Gasteiger partial charge < -0.3 is 10.2 Å². The number of nitrogens with zero attached hydrogens (tertiary/aromatic N) is 4. The van der Waals surface area contributed by atoms with Crippen LogP contribution >= 0.6 is 0 Å². The number of rotatable bonds is 8. The molecule has 22 heavy (non-hydrogen) atoms. The van der Waals surface area contributed by atoms with E-state index in [1.807, 2.05) is 25.1 Å². The molecule has 0 bridgehead atoms. The van der Waals surface area contributed by atoms with Gasteiger partial charge >= 0.3 is 0 Å². The number of benzene rings is 1. The predicted octanol–water partition coefficient (Wildman–Crippen LogP) is 1.87. The highest BCUT2D eigenvalue weighted by Gasteiger charge is 2.14. The summed E-state index contributed by atoms with van der Waals surface area (Å²) in [6.07, 6.45) is 4.97. The van der Waals surface area contributed by atoms with E-state index < -0.39 is 0 Å². The quantitative estimate of drug-likeness (QED) is 0.756. The Bertz CT molecular complexity index is 555. The first-order valence-corrected chi connectivity index (χ1v) is 7.56. The van der Waals surface area contributed by atoms with Gasteiger partial charge in [0.25, 0.3) is 0 Å². The van der Waals surface area contributed by atoms with Gasteiger partial charge in [-0.2, -0.15) is 5.10 Å².